The van der Waals surface area contributed by atoms with Crippen molar-refractivity contribution in [1.82, 2.24) is 4.98 Å². The molecule has 0 aliphatic rings. The fraction of sp³-hybridized carbons (Fsp3) is 0.0667. The number of halogens is 2. The van der Waals surface area contributed by atoms with E-state index in [2.05, 4.69) is 4.98 Å². The summed E-state index contributed by atoms with van der Waals surface area (Å²) in [5, 5.41) is 0.979. The van der Waals surface area contributed by atoms with Gasteiger partial charge in [0, 0.05) is 10.6 Å². The van der Waals surface area contributed by atoms with E-state index < -0.39 is 5.63 Å². The van der Waals surface area contributed by atoms with Crippen molar-refractivity contribution in [2.75, 3.05) is 0 Å². The maximum absolute atomic E-state index is 12.0. The van der Waals surface area contributed by atoms with Crippen molar-refractivity contribution in [1.29, 1.82) is 0 Å². The largest absolute Gasteiger partial charge is 0.403 e. The Hall–Kier alpha value is -1.84. The lowest BCUT2D eigenvalue weighted by atomic mass is 10.1. The molecule has 1 aromatic heterocycles. The standard InChI is InChI=1S/C15H9Cl2NO2/c1-8-2-4-9(5-3-8)14-18-13-11(15(19)20-14)6-10(16)7-12(13)17/h2-7H,1H3. The molecule has 3 rings (SSSR count). The van der Waals surface area contributed by atoms with E-state index in [4.69, 9.17) is 27.6 Å². The Bertz CT molecular complexity index is 854. The van der Waals surface area contributed by atoms with Gasteiger partial charge in [0.2, 0.25) is 5.89 Å². The predicted molar refractivity (Wildman–Crippen MR) is 80.5 cm³/mol. The van der Waals surface area contributed by atoms with Crippen LogP contribution in [0, 0.1) is 6.92 Å². The highest BCUT2D eigenvalue weighted by Crippen LogP contribution is 2.27. The van der Waals surface area contributed by atoms with Crippen molar-refractivity contribution < 1.29 is 4.42 Å². The lowest BCUT2D eigenvalue weighted by Crippen LogP contribution is -2.03. The van der Waals surface area contributed by atoms with Gasteiger partial charge in [0.25, 0.3) is 0 Å². The molecule has 0 bridgehead atoms. The Morgan fingerprint density at radius 3 is 2.50 bits per heavy atom. The quantitative estimate of drug-likeness (QED) is 0.666. The van der Waals surface area contributed by atoms with E-state index in [1.807, 2.05) is 31.2 Å². The molecular weight excluding hydrogens is 297 g/mol. The van der Waals surface area contributed by atoms with Gasteiger partial charge in [-0.3, -0.25) is 0 Å². The maximum atomic E-state index is 12.0. The van der Waals surface area contributed by atoms with Crippen LogP contribution in [0.25, 0.3) is 22.4 Å². The third-order valence-electron chi connectivity index (χ3n) is 2.95. The van der Waals surface area contributed by atoms with Crippen LogP contribution in [0.2, 0.25) is 10.0 Å². The normalized spacial score (nSPS) is 10.9. The molecule has 0 saturated heterocycles. The van der Waals surface area contributed by atoms with Gasteiger partial charge in [-0.1, -0.05) is 40.9 Å². The van der Waals surface area contributed by atoms with E-state index >= 15 is 0 Å². The number of aryl methyl sites for hydroxylation is 1. The Kier molecular flexibility index (Phi) is 3.24. The summed E-state index contributed by atoms with van der Waals surface area (Å²) in [7, 11) is 0. The van der Waals surface area contributed by atoms with Gasteiger partial charge in [-0.2, -0.15) is 0 Å². The minimum absolute atomic E-state index is 0.242. The molecule has 0 saturated carbocycles. The number of benzene rings is 2. The Labute approximate surface area is 124 Å². The Morgan fingerprint density at radius 1 is 1.10 bits per heavy atom. The SMILES string of the molecule is Cc1ccc(-c2nc3c(Cl)cc(Cl)cc3c(=O)o2)cc1. The first-order chi connectivity index (χ1) is 9.54. The van der Waals surface area contributed by atoms with Crippen LogP contribution < -0.4 is 5.63 Å². The summed E-state index contributed by atoms with van der Waals surface area (Å²) in [6.07, 6.45) is 0. The van der Waals surface area contributed by atoms with E-state index in [0.717, 1.165) is 11.1 Å². The van der Waals surface area contributed by atoms with Crippen molar-refractivity contribution >= 4 is 34.1 Å². The van der Waals surface area contributed by atoms with Crippen LogP contribution in [-0.2, 0) is 0 Å². The number of hydrogen-bond donors (Lipinski definition) is 0. The molecule has 0 aliphatic carbocycles. The highest BCUT2D eigenvalue weighted by atomic mass is 35.5. The van der Waals surface area contributed by atoms with Gasteiger partial charge in [-0.15, -0.1) is 0 Å². The van der Waals surface area contributed by atoms with Gasteiger partial charge in [-0.25, -0.2) is 9.78 Å². The van der Waals surface area contributed by atoms with Gasteiger partial charge < -0.3 is 4.42 Å². The van der Waals surface area contributed by atoms with Crippen molar-refractivity contribution in [2.45, 2.75) is 6.92 Å². The van der Waals surface area contributed by atoms with Crippen LogP contribution in [-0.4, -0.2) is 4.98 Å². The predicted octanol–water partition coefficient (Wildman–Crippen LogP) is 4.47. The molecule has 0 N–H and O–H groups in total. The minimum atomic E-state index is -0.505. The third-order valence-corrected chi connectivity index (χ3v) is 3.46. The van der Waals surface area contributed by atoms with E-state index in [1.54, 1.807) is 6.07 Å². The van der Waals surface area contributed by atoms with Crippen LogP contribution >= 0.6 is 23.2 Å². The summed E-state index contributed by atoms with van der Waals surface area (Å²) in [5.74, 6) is 0.242. The Morgan fingerprint density at radius 2 is 1.80 bits per heavy atom. The van der Waals surface area contributed by atoms with Crippen molar-refractivity contribution in [2.24, 2.45) is 0 Å². The molecule has 0 spiro atoms. The second kappa shape index (κ2) is 4.93. The topological polar surface area (TPSA) is 43.1 Å². The maximum Gasteiger partial charge on any atom is 0.347 e. The molecule has 3 aromatic rings. The van der Waals surface area contributed by atoms with Gasteiger partial charge in [0.05, 0.1) is 10.4 Å². The van der Waals surface area contributed by atoms with Crippen LogP contribution in [0.4, 0.5) is 0 Å². The van der Waals surface area contributed by atoms with Crippen molar-refractivity contribution in [3.63, 3.8) is 0 Å². The van der Waals surface area contributed by atoms with Crippen LogP contribution in [0.5, 0.6) is 0 Å². The second-order valence-corrected chi connectivity index (χ2v) is 5.30. The molecule has 3 nitrogen and oxygen atoms in total. The van der Waals surface area contributed by atoms with Crippen LogP contribution in [0.1, 0.15) is 5.56 Å². The summed E-state index contributed by atoms with van der Waals surface area (Å²) < 4.78 is 5.24. The fourth-order valence-corrected chi connectivity index (χ4v) is 2.46. The molecule has 0 atom stereocenters. The molecule has 20 heavy (non-hydrogen) atoms. The van der Waals surface area contributed by atoms with Crippen LogP contribution in [0.15, 0.2) is 45.6 Å². The summed E-state index contributed by atoms with van der Waals surface area (Å²) in [6, 6.07) is 10.6. The van der Waals surface area contributed by atoms with Gasteiger partial charge in [-0.05, 0) is 31.2 Å². The van der Waals surface area contributed by atoms with Gasteiger partial charge in [0.1, 0.15) is 5.52 Å². The third kappa shape index (κ3) is 2.30. The monoisotopic (exact) mass is 305 g/mol. The first-order valence-corrected chi connectivity index (χ1v) is 6.67. The number of nitrogens with zero attached hydrogens (tertiary/aromatic N) is 1. The molecule has 0 unspecified atom stereocenters. The molecule has 0 fully saturated rings. The number of fused-ring (bicyclic) bond motifs is 1. The Balaban J connectivity index is 2.29. The summed E-state index contributed by atoms with van der Waals surface area (Å²) in [5.41, 5.74) is 1.72. The number of rotatable bonds is 1. The first-order valence-electron chi connectivity index (χ1n) is 5.91. The van der Waals surface area contributed by atoms with E-state index in [-0.39, 0.29) is 11.3 Å². The zero-order valence-electron chi connectivity index (χ0n) is 10.5. The van der Waals surface area contributed by atoms with Gasteiger partial charge >= 0.3 is 5.63 Å². The lowest BCUT2D eigenvalue weighted by Gasteiger charge is -2.04. The first kappa shape index (κ1) is 13.2. The van der Waals surface area contributed by atoms with Crippen molar-refractivity contribution in [3.8, 4) is 11.5 Å². The molecular formula is C15H9Cl2NO2. The van der Waals surface area contributed by atoms with E-state index in [0.29, 0.717) is 15.6 Å². The number of aromatic nitrogens is 1. The minimum Gasteiger partial charge on any atom is -0.403 e. The molecule has 1 heterocycles. The van der Waals surface area contributed by atoms with Crippen molar-refractivity contribution in [3.05, 3.63) is 62.4 Å². The lowest BCUT2D eigenvalue weighted by molar-refractivity contribution is 0.518. The number of hydrogen-bond acceptors (Lipinski definition) is 3. The molecule has 0 aliphatic heterocycles. The fourth-order valence-electron chi connectivity index (χ4n) is 1.92. The zero-order valence-corrected chi connectivity index (χ0v) is 12.0. The second-order valence-electron chi connectivity index (χ2n) is 4.46. The highest BCUT2D eigenvalue weighted by molar-refractivity contribution is 6.38. The highest BCUT2D eigenvalue weighted by Gasteiger charge is 2.12. The van der Waals surface area contributed by atoms with Crippen LogP contribution in [0.3, 0.4) is 0 Å². The molecule has 0 amide bonds. The summed E-state index contributed by atoms with van der Waals surface area (Å²) in [6.45, 7) is 1.98. The summed E-state index contributed by atoms with van der Waals surface area (Å²) in [4.78, 5) is 16.3. The average Bonchev–Trinajstić information content (AvgIpc) is 2.40. The molecule has 0 radical (unpaired) electrons. The zero-order chi connectivity index (χ0) is 14.3. The molecule has 100 valence electrons. The van der Waals surface area contributed by atoms with Gasteiger partial charge in [0.15, 0.2) is 0 Å². The van der Waals surface area contributed by atoms with E-state index in [9.17, 15) is 4.79 Å². The average molecular weight is 306 g/mol. The van der Waals surface area contributed by atoms with E-state index in [1.165, 1.54) is 6.07 Å². The molecule has 2 aromatic carbocycles. The smallest absolute Gasteiger partial charge is 0.347 e. The molecule has 5 heteroatoms. The summed E-state index contributed by atoms with van der Waals surface area (Å²) >= 11 is 12.0.